The Morgan fingerprint density at radius 2 is 2.12 bits per heavy atom. The van der Waals surface area contributed by atoms with E-state index < -0.39 is 0 Å². The van der Waals surface area contributed by atoms with Crippen LogP contribution in [-0.4, -0.2) is 21.6 Å². The maximum absolute atomic E-state index is 13.4. The standard InChI is InChI=1S/C18H16FN3O2/c1-24-16-8-12(19)4-5-13(16)14-6-7-15-17(21-14)18(23)20-10-22(15)9-11-2-3-11/h4-8,10-11H,2-3,9H2,1H3. The lowest BCUT2D eigenvalue weighted by Crippen LogP contribution is -2.14. The maximum Gasteiger partial charge on any atom is 0.299 e. The Labute approximate surface area is 137 Å². The van der Waals surface area contributed by atoms with Crippen molar-refractivity contribution in [3.05, 3.63) is 52.8 Å². The molecular formula is C18H16FN3O2. The summed E-state index contributed by atoms with van der Waals surface area (Å²) in [5.41, 5.74) is 1.92. The first-order valence-corrected chi connectivity index (χ1v) is 7.86. The fraction of sp³-hybridized carbons (Fsp3) is 0.278. The molecule has 1 fully saturated rings. The van der Waals surface area contributed by atoms with Gasteiger partial charge in [0.1, 0.15) is 11.6 Å². The van der Waals surface area contributed by atoms with Gasteiger partial charge in [0, 0.05) is 18.2 Å². The smallest absolute Gasteiger partial charge is 0.299 e. The van der Waals surface area contributed by atoms with Crippen LogP contribution in [0.15, 0.2) is 41.5 Å². The highest BCUT2D eigenvalue weighted by molar-refractivity contribution is 5.79. The molecule has 1 aromatic carbocycles. The molecule has 1 aliphatic carbocycles. The van der Waals surface area contributed by atoms with Crippen LogP contribution in [0.1, 0.15) is 12.8 Å². The van der Waals surface area contributed by atoms with E-state index in [1.165, 1.54) is 32.1 Å². The number of pyridine rings is 1. The number of fused-ring (bicyclic) bond motifs is 1. The van der Waals surface area contributed by atoms with Crippen molar-refractivity contribution in [1.29, 1.82) is 0 Å². The van der Waals surface area contributed by atoms with Crippen molar-refractivity contribution in [2.75, 3.05) is 7.11 Å². The summed E-state index contributed by atoms with van der Waals surface area (Å²) in [5.74, 6) is 0.656. The molecule has 1 saturated carbocycles. The SMILES string of the molecule is COc1cc(F)ccc1-c1ccc2c(n1)c(=O)ncn2CC1CC1. The van der Waals surface area contributed by atoms with E-state index in [1.54, 1.807) is 12.4 Å². The second-order valence-corrected chi connectivity index (χ2v) is 6.05. The van der Waals surface area contributed by atoms with E-state index in [0.29, 0.717) is 28.4 Å². The van der Waals surface area contributed by atoms with Crippen molar-refractivity contribution in [1.82, 2.24) is 14.5 Å². The molecule has 0 N–H and O–H groups in total. The maximum atomic E-state index is 13.4. The van der Waals surface area contributed by atoms with Crippen LogP contribution in [0.25, 0.3) is 22.3 Å². The summed E-state index contributed by atoms with van der Waals surface area (Å²) in [6.07, 6.45) is 4.01. The monoisotopic (exact) mass is 325 g/mol. The van der Waals surface area contributed by atoms with E-state index in [1.807, 2.05) is 16.7 Å². The van der Waals surface area contributed by atoms with Crippen LogP contribution in [0.4, 0.5) is 4.39 Å². The van der Waals surface area contributed by atoms with E-state index in [-0.39, 0.29) is 11.4 Å². The molecule has 5 nitrogen and oxygen atoms in total. The van der Waals surface area contributed by atoms with Gasteiger partial charge in [0.15, 0.2) is 5.52 Å². The molecule has 0 saturated heterocycles. The van der Waals surface area contributed by atoms with Gasteiger partial charge in [-0.3, -0.25) is 4.79 Å². The average Bonchev–Trinajstić information content (AvgIpc) is 3.41. The van der Waals surface area contributed by atoms with E-state index in [9.17, 15) is 9.18 Å². The van der Waals surface area contributed by atoms with Crippen molar-refractivity contribution in [3.63, 3.8) is 0 Å². The topological polar surface area (TPSA) is 57.0 Å². The summed E-state index contributed by atoms with van der Waals surface area (Å²) in [5, 5.41) is 0. The summed E-state index contributed by atoms with van der Waals surface area (Å²) in [7, 11) is 1.48. The van der Waals surface area contributed by atoms with Crippen LogP contribution in [0.5, 0.6) is 5.75 Å². The van der Waals surface area contributed by atoms with Gasteiger partial charge in [-0.25, -0.2) is 9.37 Å². The van der Waals surface area contributed by atoms with Crippen LogP contribution in [0.2, 0.25) is 0 Å². The van der Waals surface area contributed by atoms with Gasteiger partial charge in [0.25, 0.3) is 5.56 Å². The molecule has 2 aromatic heterocycles. The predicted molar refractivity (Wildman–Crippen MR) is 88.5 cm³/mol. The molecule has 0 aliphatic heterocycles. The highest BCUT2D eigenvalue weighted by Gasteiger charge is 2.22. The number of benzene rings is 1. The summed E-state index contributed by atoms with van der Waals surface area (Å²) in [6.45, 7) is 0.852. The minimum absolute atomic E-state index is 0.321. The normalized spacial score (nSPS) is 14.1. The molecule has 6 heteroatoms. The molecule has 0 spiro atoms. The summed E-state index contributed by atoms with van der Waals surface area (Å²) < 4.78 is 20.6. The summed E-state index contributed by atoms with van der Waals surface area (Å²) in [6, 6.07) is 7.93. The Morgan fingerprint density at radius 1 is 1.29 bits per heavy atom. The quantitative estimate of drug-likeness (QED) is 0.740. The van der Waals surface area contributed by atoms with Gasteiger partial charge in [-0.15, -0.1) is 0 Å². The zero-order valence-corrected chi connectivity index (χ0v) is 13.2. The first kappa shape index (κ1) is 14.8. The average molecular weight is 325 g/mol. The molecule has 0 bridgehead atoms. The summed E-state index contributed by atoms with van der Waals surface area (Å²) in [4.78, 5) is 20.6. The highest BCUT2D eigenvalue weighted by Crippen LogP contribution is 2.32. The molecular weight excluding hydrogens is 309 g/mol. The molecule has 0 atom stereocenters. The van der Waals surface area contributed by atoms with Gasteiger partial charge < -0.3 is 9.30 Å². The van der Waals surface area contributed by atoms with Crippen molar-refractivity contribution in [2.24, 2.45) is 5.92 Å². The molecule has 0 unspecified atom stereocenters. The Hall–Kier alpha value is -2.76. The van der Waals surface area contributed by atoms with Gasteiger partial charge in [0.2, 0.25) is 0 Å². The number of halogens is 1. The number of aromatic nitrogens is 3. The van der Waals surface area contributed by atoms with Gasteiger partial charge in [0.05, 0.1) is 24.6 Å². The molecule has 2 heterocycles. The van der Waals surface area contributed by atoms with Crippen LogP contribution in [-0.2, 0) is 6.54 Å². The van der Waals surface area contributed by atoms with E-state index in [2.05, 4.69) is 9.97 Å². The number of rotatable bonds is 4. The first-order chi connectivity index (χ1) is 11.7. The fourth-order valence-electron chi connectivity index (χ4n) is 2.84. The Morgan fingerprint density at radius 3 is 2.88 bits per heavy atom. The van der Waals surface area contributed by atoms with Gasteiger partial charge in [-0.2, -0.15) is 4.98 Å². The lowest BCUT2D eigenvalue weighted by Gasteiger charge is -2.11. The van der Waals surface area contributed by atoms with E-state index in [4.69, 9.17) is 4.74 Å². The first-order valence-electron chi connectivity index (χ1n) is 7.86. The predicted octanol–water partition coefficient (Wildman–Crippen LogP) is 3.02. The fourth-order valence-corrected chi connectivity index (χ4v) is 2.84. The molecule has 122 valence electrons. The third kappa shape index (κ3) is 2.64. The summed E-state index contributed by atoms with van der Waals surface area (Å²) >= 11 is 0. The lowest BCUT2D eigenvalue weighted by molar-refractivity contribution is 0.413. The number of methoxy groups -OCH3 is 1. The van der Waals surface area contributed by atoms with Crippen LogP contribution >= 0.6 is 0 Å². The Balaban J connectivity index is 1.86. The number of nitrogens with zero attached hydrogens (tertiary/aromatic N) is 3. The molecule has 0 amide bonds. The number of ether oxygens (including phenoxy) is 1. The Bertz CT molecular complexity index is 980. The minimum Gasteiger partial charge on any atom is -0.496 e. The second kappa shape index (κ2) is 5.70. The Kier molecular flexibility index (Phi) is 3.52. The van der Waals surface area contributed by atoms with Crippen LogP contribution < -0.4 is 10.3 Å². The third-order valence-electron chi connectivity index (χ3n) is 4.29. The van der Waals surface area contributed by atoms with Crippen LogP contribution in [0.3, 0.4) is 0 Å². The molecule has 4 rings (SSSR count). The lowest BCUT2D eigenvalue weighted by atomic mass is 10.1. The van der Waals surface area contributed by atoms with Crippen molar-refractivity contribution < 1.29 is 9.13 Å². The van der Waals surface area contributed by atoms with Crippen LogP contribution in [0, 0.1) is 11.7 Å². The molecule has 3 aromatic rings. The number of hydrogen-bond donors (Lipinski definition) is 0. The van der Waals surface area contributed by atoms with E-state index >= 15 is 0 Å². The zero-order chi connectivity index (χ0) is 16.7. The second-order valence-electron chi connectivity index (χ2n) is 6.05. The van der Waals surface area contributed by atoms with Gasteiger partial charge in [-0.1, -0.05) is 0 Å². The van der Waals surface area contributed by atoms with Crippen molar-refractivity contribution >= 4 is 11.0 Å². The van der Waals surface area contributed by atoms with Gasteiger partial charge >= 0.3 is 0 Å². The third-order valence-corrected chi connectivity index (χ3v) is 4.29. The molecule has 24 heavy (non-hydrogen) atoms. The zero-order valence-electron chi connectivity index (χ0n) is 13.2. The van der Waals surface area contributed by atoms with Gasteiger partial charge in [-0.05, 0) is 43.0 Å². The van der Waals surface area contributed by atoms with Crippen molar-refractivity contribution in [3.8, 4) is 17.0 Å². The van der Waals surface area contributed by atoms with E-state index in [0.717, 1.165) is 12.1 Å². The largest absolute Gasteiger partial charge is 0.496 e. The highest BCUT2D eigenvalue weighted by atomic mass is 19.1. The minimum atomic E-state index is -0.384. The van der Waals surface area contributed by atoms with Crippen molar-refractivity contribution in [2.45, 2.75) is 19.4 Å². The molecule has 1 aliphatic rings. The number of hydrogen-bond acceptors (Lipinski definition) is 4. The molecule has 0 radical (unpaired) electrons.